The van der Waals surface area contributed by atoms with E-state index >= 15 is 0 Å². The van der Waals surface area contributed by atoms with Gasteiger partial charge in [0, 0.05) is 37.7 Å². The third-order valence-corrected chi connectivity index (χ3v) is 5.48. The highest BCUT2D eigenvalue weighted by Gasteiger charge is 2.39. The number of methoxy groups -OCH3 is 1. The van der Waals surface area contributed by atoms with Crippen LogP contribution in [0.3, 0.4) is 0 Å². The molecular formula is C24H32O7. The lowest BCUT2D eigenvalue weighted by Crippen LogP contribution is -2.30. The molecule has 1 saturated heterocycles. The van der Waals surface area contributed by atoms with Gasteiger partial charge in [-0.05, 0) is 23.6 Å². The first-order chi connectivity index (χ1) is 15.0. The molecule has 1 fully saturated rings. The van der Waals surface area contributed by atoms with Crippen LogP contribution in [0.4, 0.5) is 0 Å². The second kappa shape index (κ2) is 11.3. The Morgan fingerprint density at radius 3 is 2.74 bits per heavy atom. The summed E-state index contributed by atoms with van der Waals surface area (Å²) in [5.41, 5.74) is 2.80. The zero-order chi connectivity index (χ0) is 22.2. The minimum Gasteiger partial charge on any atom is -0.493 e. The molecule has 1 aliphatic heterocycles. The van der Waals surface area contributed by atoms with Crippen LogP contribution in [-0.2, 0) is 25.6 Å². The Hall–Kier alpha value is -2.35. The van der Waals surface area contributed by atoms with Crippen molar-refractivity contribution in [2.24, 2.45) is 11.8 Å². The summed E-state index contributed by atoms with van der Waals surface area (Å²) >= 11 is 0. The Morgan fingerprint density at radius 2 is 2.06 bits per heavy atom. The van der Waals surface area contributed by atoms with Gasteiger partial charge >= 0.3 is 5.97 Å². The van der Waals surface area contributed by atoms with E-state index in [1.54, 1.807) is 19.6 Å². The first-order valence-electron chi connectivity index (χ1n) is 10.7. The number of rotatable bonds is 12. The molecule has 0 unspecified atom stereocenters. The number of hydrogen-bond acceptors (Lipinski definition) is 7. The number of cyclic esters (lactones) is 1. The van der Waals surface area contributed by atoms with Gasteiger partial charge in [0.15, 0.2) is 0 Å². The van der Waals surface area contributed by atoms with E-state index in [0.717, 1.165) is 28.9 Å². The van der Waals surface area contributed by atoms with E-state index in [1.807, 2.05) is 38.1 Å². The molecule has 0 amide bonds. The molecule has 170 valence electrons. The average molecular weight is 433 g/mol. The van der Waals surface area contributed by atoms with Gasteiger partial charge in [-0.2, -0.15) is 0 Å². The van der Waals surface area contributed by atoms with Crippen molar-refractivity contribution >= 4 is 5.97 Å². The fraction of sp³-hybridized carbons (Fsp3) is 0.542. The molecule has 2 heterocycles. The predicted octanol–water partition coefficient (Wildman–Crippen LogP) is 3.83. The van der Waals surface area contributed by atoms with E-state index in [9.17, 15) is 9.90 Å². The third kappa shape index (κ3) is 6.32. The van der Waals surface area contributed by atoms with Crippen LogP contribution in [0.5, 0.6) is 5.75 Å². The van der Waals surface area contributed by atoms with E-state index < -0.39 is 12.2 Å². The van der Waals surface area contributed by atoms with E-state index in [1.165, 1.54) is 0 Å². The maximum atomic E-state index is 11.9. The van der Waals surface area contributed by atoms with Gasteiger partial charge in [0.2, 0.25) is 0 Å². The van der Waals surface area contributed by atoms with Crippen LogP contribution < -0.4 is 4.74 Å². The molecule has 0 bridgehead atoms. The fourth-order valence-electron chi connectivity index (χ4n) is 3.63. The molecule has 7 heteroatoms. The minimum atomic E-state index is -0.845. The summed E-state index contributed by atoms with van der Waals surface area (Å²) in [7, 11) is 1.67. The molecule has 1 aliphatic rings. The van der Waals surface area contributed by atoms with E-state index in [4.69, 9.17) is 23.4 Å². The lowest BCUT2D eigenvalue weighted by Gasteiger charge is -2.18. The maximum Gasteiger partial charge on any atom is 0.309 e. The average Bonchev–Trinajstić information content (AvgIpc) is 3.41. The number of aliphatic hydroxyl groups is 1. The summed E-state index contributed by atoms with van der Waals surface area (Å²) in [5, 5.41) is 10.4. The maximum absolute atomic E-state index is 11.9. The molecule has 1 aromatic carbocycles. The van der Waals surface area contributed by atoms with Crippen molar-refractivity contribution in [2.45, 2.75) is 45.5 Å². The topological polar surface area (TPSA) is 87.4 Å². The Bertz CT molecular complexity index is 815. The van der Waals surface area contributed by atoms with Crippen molar-refractivity contribution in [1.29, 1.82) is 0 Å². The lowest BCUT2D eigenvalue weighted by atomic mass is 9.91. The van der Waals surface area contributed by atoms with Crippen molar-refractivity contribution in [3.05, 3.63) is 42.4 Å². The summed E-state index contributed by atoms with van der Waals surface area (Å²) in [4.78, 5) is 11.9. The normalized spacial score (nSPS) is 19.6. The number of carbonyl (C=O) groups is 1. The third-order valence-electron chi connectivity index (χ3n) is 5.48. The number of benzene rings is 1. The van der Waals surface area contributed by atoms with Gasteiger partial charge in [-0.1, -0.05) is 26.0 Å². The first kappa shape index (κ1) is 23.3. The van der Waals surface area contributed by atoms with Crippen LogP contribution in [0.2, 0.25) is 0 Å². The highest BCUT2D eigenvalue weighted by molar-refractivity contribution is 5.75. The van der Waals surface area contributed by atoms with Gasteiger partial charge in [-0.15, -0.1) is 0 Å². The molecule has 3 rings (SSSR count). The van der Waals surface area contributed by atoms with Crippen molar-refractivity contribution in [2.75, 3.05) is 26.9 Å². The first-order valence-corrected chi connectivity index (χ1v) is 10.7. The Balaban J connectivity index is 1.56. The standard InChI is InChI=1S/C24H32O7/c1-16(2)20-12-23(31-24(20)26)21(25)15-29-13-17-5-6-19(18-7-10-28-14-18)22(11-17)30-9-4-8-27-3/h5-7,10-11,14,16,20-21,23,25H,4,8-9,12-13,15H2,1-3H3/t20-,21+,23-/m0/s1. The SMILES string of the molecule is COCCCOc1cc(COC[C@@H](O)[C@@H]2C[C@@H](C(C)C)C(=O)O2)ccc1-c1ccoc1. The van der Waals surface area contributed by atoms with Crippen LogP contribution in [-0.4, -0.2) is 50.2 Å². The van der Waals surface area contributed by atoms with Crippen molar-refractivity contribution in [1.82, 2.24) is 0 Å². The molecule has 1 N–H and O–H groups in total. The molecule has 0 aliphatic carbocycles. The molecule has 0 radical (unpaired) electrons. The van der Waals surface area contributed by atoms with Crippen LogP contribution in [0.1, 0.15) is 32.3 Å². The number of furan rings is 1. The Kier molecular flexibility index (Phi) is 8.51. The minimum absolute atomic E-state index is 0.0935. The van der Waals surface area contributed by atoms with Crippen LogP contribution >= 0.6 is 0 Å². The van der Waals surface area contributed by atoms with E-state index in [2.05, 4.69) is 0 Å². The number of aliphatic hydroxyl groups excluding tert-OH is 1. The van der Waals surface area contributed by atoms with Gasteiger partial charge in [0.1, 0.15) is 18.0 Å². The van der Waals surface area contributed by atoms with E-state index in [-0.39, 0.29) is 24.4 Å². The smallest absolute Gasteiger partial charge is 0.309 e. The van der Waals surface area contributed by atoms with Crippen LogP contribution in [0.25, 0.3) is 11.1 Å². The van der Waals surface area contributed by atoms with Crippen molar-refractivity contribution in [3.8, 4) is 16.9 Å². The van der Waals surface area contributed by atoms with Crippen molar-refractivity contribution in [3.63, 3.8) is 0 Å². The molecule has 1 aromatic heterocycles. The predicted molar refractivity (Wildman–Crippen MR) is 115 cm³/mol. The summed E-state index contributed by atoms with van der Waals surface area (Å²) in [6.45, 7) is 5.54. The molecule has 3 atom stereocenters. The fourth-order valence-corrected chi connectivity index (χ4v) is 3.63. The zero-order valence-electron chi connectivity index (χ0n) is 18.4. The molecule has 7 nitrogen and oxygen atoms in total. The summed E-state index contributed by atoms with van der Waals surface area (Å²) in [6.07, 6.45) is 3.26. The van der Waals surface area contributed by atoms with Gasteiger partial charge < -0.3 is 28.5 Å². The number of ether oxygens (including phenoxy) is 4. The quantitative estimate of drug-likeness (QED) is 0.403. The second-order valence-corrected chi connectivity index (χ2v) is 8.18. The molecule has 0 saturated carbocycles. The number of esters is 1. The monoisotopic (exact) mass is 432 g/mol. The Labute approximate surface area is 183 Å². The molecule has 0 spiro atoms. The van der Waals surface area contributed by atoms with Gasteiger partial charge in [0.25, 0.3) is 0 Å². The van der Waals surface area contributed by atoms with Gasteiger partial charge in [-0.25, -0.2) is 0 Å². The largest absolute Gasteiger partial charge is 0.493 e. The number of carbonyl (C=O) groups excluding carboxylic acids is 1. The second-order valence-electron chi connectivity index (χ2n) is 8.18. The molecule has 31 heavy (non-hydrogen) atoms. The van der Waals surface area contributed by atoms with Crippen LogP contribution in [0, 0.1) is 11.8 Å². The highest BCUT2D eigenvalue weighted by atomic mass is 16.6. The summed E-state index contributed by atoms with van der Waals surface area (Å²) in [6, 6.07) is 7.75. The van der Waals surface area contributed by atoms with E-state index in [0.29, 0.717) is 26.2 Å². The van der Waals surface area contributed by atoms with Crippen molar-refractivity contribution < 1.29 is 33.3 Å². The summed E-state index contributed by atoms with van der Waals surface area (Å²) < 4.78 is 27.3. The molecule has 2 aromatic rings. The van der Waals surface area contributed by atoms with Gasteiger partial charge in [0.05, 0.1) is 38.3 Å². The van der Waals surface area contributed by atoms with Crippen LogP contribution in [0.15, 0.2) is 41.2 Å². The lowest BCUT2D eigenvalue weighted by molar-refractivity contribution is -0.150. The van der Waals surface area contributed by atoms with Gasteiger partial charge in [-0.3, -0.25) is 4.79 Å². The zero-order valence-corrected chi connectivity index (χ0v) is 18.4. The summed E-state index contributed by atoms with van der Waals surface area (Å²) in [5.74, 6) is 0.544. The molecular weight excluding hydrogens is 400 g/mol. The Morgan fingerprint density at radius 1 is 1.23 bits per heavy atom. The highest BCUT2D eigenvalue weighted by Crippen LogP contribution is 2.32. The number of hydrogen-bond donors (Lipinski definition) is 1.